The van der Waals surface area contributed by atoms with Crippen molar-refractivity contribution >= 4 is 23.4 Å². The molecule has 0 N–H and O–H groups in total. The van der Waals surface area contributed by atoms with E-state index in [4.69, 9.17) is 4.98 Å². The van der Waals surface area contributed by atoms with E-state index in [1.165, 1.54) is 11.3 Å². The molecule has 0 fully saturated rings. The summed E-state index contributed by atoms with van der Waals surface area (Å²) in [6, 6.07) is 8.37. The van der Waals surface area contributed by atoms with Crippen LogP contribution >= 0.6 is 12.4 Å². The third-order valence-corrected chi connectivity index (χ3v) is 3.31. The first kappa shape index (κ1) is 15.0. The van der Waals surface area contributed by atoms with Gasteiger partial charge in [0.25, 0.3) is 0 Å². The van der Waals surface area contributed by atoms with Gasteiger partial charge in [-0.15, -0.1) is 12.4 Å². The van der Waals surface area contributed by atoms with Crippen LogP contribution < -0.4 is 0 Å². The van der Waals surface area contributed by atoms with E-state index in [0.29, 0.717) is 0 Å². The molecule has 0 unspecified atom stereocenters. The van der Waals surface area contributed by atoms with E-state index < -0.39 is 0 Å². The van der Waals surface area contributed by atoms with Gasteiger partial charge in [0.2, 0.25) is 0 Å². The van der Waals surface area contributed by atoms with Crippen molar-refractivity contribution < 1.29 is 0 Å². The Morgan fingerprint density at radius 3 is 2.39 bits per heavy atom. The lowest BCUT2D eigenvalue weighted by atomic mass is 10.3. The number of fused-ring (bicyclic) bond motifs is 1. The zero-order chi connectivity index (χ0) is 12.3. The Morgan fingerprint density at radius 2 is 1.78 bits per heavy atom. The maximum atomic E-state index is 4.74. The van der Waals surface area contributed by atoms with Gasteiger partial charge < -0.3 is 4.57 Å². The zero-order valence-corrected chi connectivity index (χ0v) is 12.2. The number of benzene rings is 1. The number of para-hydroxylation sites is 2. The van der Waals surface area contributed by atoms with E-state index in [1.54, 1.807) is 0 Å². The third-order valence-electron chi connectivity index (χ3n) is 3.31. The summed E-state index contributed by atoms with van der Waals surface area (Å²) >= 11 is 0. The van der Waals surface area contributed by atoms with Gasteiger partial charge in [0.1, 0.15) is 5.82 Å². The molecule has 1 heterocycles. The SMILES string of the molecule is CCN(CC)Cc1nc2ccccc2n1CC.Cl. The highest BCUT2D eigenvalue weighted by molar-refractivity contribution is 5.85. The molecule has 4 heteroatoms. The highest BCUT2D eigenvalue weighted by Crippen LogP contribution is 2.16. The molecule has 0 saturated carbocycles. The fourth-order valence-electron chi connectivity index (χ4n) is 2.25. The van der Waals surface area contributed by atoms with E-state index in [0.717, 1.165) is 31.7 Å². The fourth-order valence-corrected chi connectivity index (χ4v) is 2.25. The second-order valence-electron chi connectivity index (χ2n) is 4.22. The standard InChI is InChI=1S/C14H21N3.ClH/c1-4-16(5-2)11-14-15-12-9-7-8-10-13(12)17(14)6-3;/h7-10H,4-6,11H2,1-3H3;1H. The van der Waals surface area contributed by atoms with Gasteiger partial charge in [0.15, 0.2) is 0 Å². The smallest absolute Gasteiger partial charge is 0.124 e. The molecule has 2 rings (SSSR count). The molecule has 18 heavy (non-hydrogen) atoms. The number of halogens is 1. The lowest BCUT2D eigenvalue weighted by Gasteiger charge is -2.18. The summed E-state index contributed by atoms with van der Waals surface area (Å²) < 4.78 is 2.31. The molecule has 0 aliphatic carbocycles. The van der Waals surface area contributed by atoms with Gasteiger partial charge in [-0.2, -0.15) is 0 Å². The lowest BCUT2D eigenvalue weighted by Crippen LogP contribution is -2.24. The molecule has 1 aromatic heterocycles. The van der Waals surface area contributed by atoms with Crippen molar-refractivity contribution in [1.29, 1.82) is 0 Å². The molecule has 0 aliphatic rings. The van der Waals surface area contributed by atoms with Crippen LogP contribution in [0.3, 0.4) is 0 Å². The van der Waals surface area contributed by atoms with Gasteiger partial charge >= 0.3 is 0 Å². The molecule has 2 aromatic rings. The van der Waals surface area contributed by atoms with Crippen molar-refractivity contribution in [1.82, 2.24) is 14.5 Å². The predicted octanol–water partition coefficient (Wildman–Crippen LogP) is 3.32. The Bertz CT molecular complexity index is 489. The molecule has 0 saturated heterocycles. The number of aromatic nitrogens is 2. The van der Waals surface area contributed by atoms with Crippen molar-refractivity contribution in [3.63, 3.8) is 0 Å². The van der Waals surface area contributed by atoms with Crippen molar-refractivity contribution in [2.45, 2.75) is 33.9 Å². The van der Waals surface area contributed by atoms with Gasteiger partial charge in [0, 0.05) is 6.54 Å². The first-order chi connectivity index (χ1) is 8.30. The lowest BCUT2D eigenvalue weighted by molar-refractivity contribution is 0.284. The molecule has 0 aliphatic heterocycles. The molecule has 3 nitrogen and oxygen atoms in total. The van der Waals surface area contributed by atoms with Crippen molar-refractivity contribution in [2.24, 2.45) is 0 Å². The van der Waals surface area contributed by atoms with Crippen molar-refractivity contribution in [2.75, 3.05) is 13.1 Å². The molecular formula is C14H22ClN3. The topological polar surface area (TPSA) is 21.1 Å². The summed E-state index contributed by atoms with van der Waals surface area (Å²) in [6.45, 7) is 10.6. The average molecular weight is 268 g/mol. The van der Waals surface area contributed by atoms with E-state index in [9.17, 15) is 0 Å². The van der Waals surface area contributed by atoms with Crippen LogP contribution in [0.1, 0.15) is 26.6 Å². The summed E-state index contributed by atoms with van der Waals surface area (Å²) in [4.78, 5) is 7.14. The maximum absolute atomic E-state index is 4.74. The molecule has 1 aromatic carbocycles. The molecule has 0 radical (unpaired) electrons. The summed E-state index contributed by atoms with van der Waals surface area (Å²) in [6.07, 6.45) is 0. The van der Waals surface area contributed by atoms with Crippen LogP contribution in [0.2, 0.25) is 0 Å². The predicted molar refractivity (Wildman–Crippen MR) is 79.3 cm³/mol. The van der Waals surface area contributed by atoms with Gasteiger partial charge in [-0.25, -0.2) is 4.98 Å². The highest BCUT2D eigenvalue weighted by atomic mass is 35.5. The molecule has 100 valence electrons. The largest absolute Gasteiger partial charge is 0.327 e. The molecule has 0 spiro atoms. The van der Waals surface area contributed by atoms with Gasteiger partial charge in [0.05, 0.1) is 17.6 Å². The summed E-state index contributed by atoms with van der Waals surface area (Å²) in [7, 11) is 0. The van der Waals surface area contributed by atoms with Crippen LogP contribution in [0.4, 0.5) is 0 Å². The van der Waals surface area contributed by atoms with E-state index in [2.05, 4.69) is 54.5 Å². The Kier molecular flexibility index (Phi) is 5.63. The highest BCUT2D eigenvalue weighted by Gasteiger charge is 2.11. The second kappa shape index (κ2) is 6.76. The van der Waals surface area contributed by atoms with Gasteiger partial charge in [-0.3, -0.25) is 4.90 Å². The number of imidazole rings is 1. The van der Waals surface area contributed by atoms with Crippen molar-refractivity contribution in [3.8, 4) is 0 Å². The van der Waals surface area contributed by atoms with Crippen LogP contribution in [0.5, 0.6) is 0 Å². The van der Waals surface area contributed by atoms with Crippen LogP contribution in [-0.2, 0) is 13.1 Å². The molecule has 0 amide bonds. The normalized spacial score (nSPS) is 10.9. The number of hydrogen-bond donors (Lipinski definition) is 0. The number of hydrogen-bond acceptors (Lipinski definition) is 2. The average Bonchev–Trinajstić information content (AvgIpc) is 2.72. The Hall–Kier alpha value is -1.06. The molecule has 0 bridgehead atoms. The minimum absolute atomic E-state index is 0. The van der Waals surface area contributed by atoms with Crippen LogP contribution in [0.25, 0.3) is 11.0 Å². The Labute approximate surface area is 115 Å². The minimum Gasteiger partial charge on any atom is -0.327 e. The fraction of sp³-hybridized carbons (Fsp3) is 0.500. The summed E-state index contributed by atoms with van der Waals surface area (Å²) in [5, 5.41) is 0. The van der Waals surface area contributed by atoms with Gasteiger partial charge in [-0.05, 0) is 32.1 Å². The number of aryl methyl sites for hydroxylation is 1. The summed E-state index contributed by atoms with van der Waals surface area (Å²) in [5.74, 6) is 1.18. The number of rotatable bonds is 5. The quantitative estimate of drug-likeness (QED) is 0.829. The Morgan fingerprint density at radius 1 is 1.11 bits per heavy atom. The molecule has 0 atom stereocenters. The second-order valence-corrected chi connectivity index (χ2v) is 4.22. The molecular weight excluding hydrogens is 246 g/mol. The monoisotopic (exact) mass is 267 g/mol. The Balaban J connectivity index is 0.00000162. The first-order valence-corrected chi connectivity index (χ1v) is 6.46. The maximum Gasteiger partial charge on any atom is 0.124 e. The van der Waals surface area contributed by atoms with Crippen LogP contribution in [0, 0.1) is 0 Å². The third kappa shape index (κ3) is 2.85. The van der Waals surface area contributed by atoms with Gasteiger partial charge in [-0.1, -0.05) is 26.0 Å². The van der Waals surface area contributed by atoms with Crippen LogP contribution in [-0.4, -0.2) is 27.5 Å². The van der Waals surface area contributed by atoms with E-state index in [1.807, 2.05) is 0 Å². The zero-order valence-electron chi connectivity index (χ0n) is 11.4. The minimum atomic E-state index is 0. The van der Waals surface area contributed by atoms with Crippen LogP contribution in [0.15, 0.2) is 24.3 Å². The van der Waals surface area contributed by atoms with E-state index >= 15 is 0 Å². The van der Waals surface area contributed by atoms with E-state index in [-0.39, 0.29) is 12.4 Å². The first-order valence-electron chi connectivity index (χ1n) is 6.46. The van der Waals surface area contributed by atoms with Crippen molar-refractivity contribution in [3.05, 3.63) is 30.1 Å². The summed E-state index contributed by atoms with van der Waals surface area (Å²) in [5.41, 5.74) is 2.36. The number of nitrogens with zero attached hydrogens (tertiary/aromatic N) is 3.